The Morgan fingerprint density at radius 1 is 1.27 bits per heavy atom. The van der Waals surface area contributed by atoms with Gasteiger partial charge in [0.05, 0.1) is 6.54 Å². The summed E-state index contributed by atoms with van der Waals surface area (Å²) >= 11 is 1.63. The van der Waals surface area contributed by atoms with E-state index >= 15 is 0 Å². The molecular formula is C16H24IN3OS. The van der Waals surface area contributed by atoms with Gasteiger partial charge < -0.3 is 15.7 Å². The number of rotatable bonds is 6. The Balaban J connectivity index is 0.00000242. The van der Waals surface area contributed by atoms with E-state index in [2.05, 4.69) is 34.7 Å². The summed E-state index contributed by atoms with van der Waals surface area (Å²) in [6.45, 7) is 6.21. The SMILES string of the molecule is CCCNC(=NCC(O)c1cc2ccccc2s1)NCC.I. The van der Waals surface area contributed by atoms with Crippen LogP contribution in [0, 0.1) is 0 Å². The molecule has 4 nitrogen and oxygen atoms in total. The van der Waals surface area contributed by atoms with Crippen molar-refractivity contribution in [3.63, 3.8) is 0 Å². The monoisotopic (exact) mass is 433 g/mol. The number of halogens is 1. The van der Waals surface area contributed by atoms with E-state index in [0.29, 0.717) is 6.54 Å². The summed E-state index contributed by atoms with van der Waals surface area (Å²) in [5.41, 5.74) is 0. The number of benzene rings is 1. The average molecular weight is 433 g/mol. The van der Waals surface area contributed by atoms with Crippen molar-refractivity contribution in [2.75, 3.05) is 19.6 Å². The van der Waals surface area contributed by atoms with Gasteiger partial charge in [0.25, 0.3) is 0 Å². The van der Waals surface area contributed by atoms with E-state index in [-0.39, 0.29) is 24.0 Å². The van der Waals surface area contributed by atoms with Crippen molar-refractivity contribution in [1.82, 2.24) is 10.6 Å². The van der Waals surface area contributed by atoms with Gasteiger partial charge in [0, 0.05) is 22.7 Å². The van der Waals surface area contributed by atoms with Crippen molar-refractivity contribution < 1.29 is 5.11 Å². The number of hydrogen-bond acceptors (Lipinski definition) is 3. The Morgan fingerprint density at radius 2 is 2.05 bits per heavy atom. The second-order valence-electron chi connectivity index (χ2n) is 4.85. The number of nitrogens with one attached hydrogen (secondary N) is 2. The van der Waals surface area contributed by atoms with Crippen LogP contribution in [-0.2, 0) is 0 Å². The smallest absolute Gasteiger partial charge is 0.191 e. The molecular weight excluding hydrogens is 409 g/mol. The lowest BCUT2D eigenvalue weighted by Gasteiger charge is -2.11. The lowest BCUT2D eigenvalue weighted by Crippen LogP contribution is -2.37. The second-order valence-corrected chi connectivity index (χ2v) is 5.96. The van der Waals surface area contributed by atoms with E-state index in [1.807, 2.05) is 25.1 Å². The van der Waals surface area contributed by atoms with E-state index in [9.17, 15) is 5.11 Å². The van der Waals surface area contributed by atoms with Gasteiger partial charge in [-0.2, -0.15) is 0 Å². The topological polar surface area (TPSA) is 56.7 Å². The summed E-state index contributed by atoms with van der Waals surface area (Å²) in [6.07, 6.45) is 0.489. The van der Waals surface area contributed by atoms with Crippen LogP contribution in [0.25, 0.3) is 10.1 Å². The zero-order valence-electron chi connectivity index (χ0n) is 13.0. The van der Waals surface area contributed by atoms with Gasteiger partial charge in [-0.15, -0.1) is 35.3 Å². The van der Waals surface area contributed by atoms with Gasteiger partial charge in [-0.1, -0.05) is 25.1 Å². The average Bonchev–Trinajstić information content (AvgIpc) is 2.93. The van der Waals surface area contributed by atoms with Crippen LogP contribution in [0.3, 0.4) is 0 Å². The minimum absolute atomic E-state index is 0. The van der Waals surface area contributed by atoms with Crippen molar-refractivity contribution in [3.8, 4) is 0 Å². The van der Waals surface area contributed by atoms with Crippen LogP contribution in [0.2, 0.25) is 0 Å². The minimum atomic E-state index is -0.556. The molecule has 0 aliphatic heterocycles. The fraction of sp³-hybridized carbons (Fsp3) is 0.438. The molecule has 122 valence electrons. The van der Waals surface area contributed by atoms with Crippen LogP contribution in [0.15, 0.2) is 35.3 Å². The number of aliphatic imine (C=N–C) groups is 1. The van der Waals surface area contributed by atoms with Gasteiger partial charge in [0.2, 0.25) is 0 Å². The second kappa shape index (κ2) is 10.0. The number of nitrogens with zero attached hydrogens (tertiary/aromatic N) is 1. The molecule has 0 amide bonds. The number of hydrogen-bond donors (Lipinski definition) is 3. The quantitative estimate of drug-likeness (QED) is 0.371. The molecule has 0 aliphatic rings. The molecule has 1 aromatic carbocycles. The van der Waals surface area contributed by atoms with Crippen LogP contribution in [0.5, 0.6) is 0 Å². The molecule has 2 aromatic rings. The van der Waals surface area contributed by atoms with Crippen LogP contribution in [0.1, 0.15) is 31.2 Å². The largest absolute Gasteiger partial charge is 0.386 e. The first-order valence-corrected chi connectivity index (χ1v) is 8.25. The number of aliphatic hydroxyl groups is 1. The summed E-state index contributed by atoms with van der Waals surface area (Å²) in [6, 6.07) is 10.2. The van der Waals surface area contributed by atoms with Gasteiger partial charge in [0.1, 0.15) is 6.10 Å². The Bertz CT molecular complexity index is 567. The predicted molar refractivity (Wildman–Crippen MR) is 106 cm³/mol. The van der Waals surface area contributed by atoms with Gasteiger partial charge in [-0.3, -0.25) is 4.99 Å². The number of guanidine groups is 1. The summed E-state index contributed by atoms with van der Waals surface area (Å²) in [4.78, 5) is 5.41. The first-order valence-electron chi connectivity index (χ1n) is 7.43. The molecule has 0 saturated carbocycles. The Labute approximate surface area is 153 Å². The fourth-order valence-corrected chi connectivity index (χ4v) is 3.06. The molecule has 1 atom stereocenters. The van der Waals surface area contributed by atoms with Gasteiger partial charge in [-0.05, 0) is 30.9 Å². The molecule has 6 heteroatoms. The summed E-state index contributed by atoms with van der Waals surface area (Å²) in [5, 5.41) is 17.9. The van der Waals surface area contributed by atoms with Crippen molar-refractivity contribution >= 4 is 51.4 Å². The van der Waals surface area contributed by atoms with Crippen molar-refractivity contribution in [2.24, 2.45) is 4.99 Å². The zero-order chi connectivity index (χ0) is 15.1. The Morgan fingerprint density at radius 3 is 2.73 bits per heavy atom. The van der Waals surface area contributed by atoms with E-state index in [0.717, 1.165) is 30.3 Å². The fourth-order valence-electron chi connectivity index (χ4n) is 2.02. The normalized spacial score (nSPS) is 12.8. The Kier molecular flexibility index (Phi) is 8.74. The number of fused-ring (bicyclic) bond motifs is 1. The molecule has 1 aromatic heterocycles. The van der Waals surface area contributed by atoms with Crippen molar-refractivity contribution in [3.05, 3.63) is 35.2 Å². The maximum absolute atomic E-state index is 10.3. The van der Waals surface area contributed by atoms with E-state index in [4.69, 9.17) is 0 Å². The molecule has 0 fully saturated rings. The standard InChI is InChI=1S/C16H23N3OS.HI/c1-3-9-18-16(17-4-2)19-11-13(20)15-10-12-7-5-6-8-14(12)21-15;/h5-8,10,13,20H,3-4,9,11H2,1-2H3,(H2,17,18,19);1H. The van der Waals surface area contributed by atoms with Crippen LogP contribution in [-0.4, -0.2) is 30.7 Å². The van der Waals surface area contributed by atoms with E-state index in [1.165, 1.54) is 10.1 Å². The molecule has 0 bridgehead atoms. The van der Waals surface area contributed by atoms with Crippen LogP contribution < -0.4 is 10.6 Å². The molecule has 2 rings (SSSR count). The molecule has 22 heavy (non-hydrogen) atoms. The third-order valence-corrected chi connectivity index (χ3v) is 4.30. The predicted octanol–water partition coefficient (Wildman–Crippen LogP) is 3.52. The molecule has 0 spiro atoms. The highest BCUT2D eigenvalue weighted by Crippen LogP contribution is 2.29. The molecule has 3 N–H and O–H groups in total. The molecule has 1 heterocycles. The maximum Gasteiger partial charge on any atom is 0.191 e. The first kappa shape index (κ1) is 19.2. The molecule has 0 saturated heterocycles. The van der Waals surface area contributed by atoms with Crippen LogP contribution >= 0.6 is 35.3 Å². The van der Waals surface area contributed by atoms with Crippen molar-refractivity contribution in [2.45, 2.75) is 26.4 Å². The van der Waals surface area contributed by atoms with E-state index in [1.54, 1.807) is 11.3 Å². The molecule has 0 aliphatic carbocycles. The maximum atomic E-state index is 10.3. The zero-order valence-corrected chi connectivity index (χ0v) is 16.2. The summed E-state index contributed by atoms with van der Waals surface area (Å²) in [5.74, 6) is 0.763. The first-order chi connectivity index (χ1) is 10.2. The minimum Gasteiger partial charge on any atom is -0.386 e. The highest BCUT2D eigenvalue weighted by molar-refractivity contribution is 14.0. The highest BCUT2D eigenvalue weighted by Gasteiger charge is 2.11. The molecule has 0 radical (unpaired) electrons. The van der Waals surface area contributed by atoms with Crippen molar-refractivity contribution in [1.29, 1.82) is 0 Å². The van der Waals surface area contributed by atoms with Gasteiger partial charge in [0.15, 0.2) is 5.96 Å². The summed E-state index contributed by atoms with van der Waals surface area (Å²) in [7, 11) is 0. The lowest BCUT2D eigenvalue weighted by molar-refractivity contribution is 0.191. The van der Waals surface area contributed by atoms with Gasteiger partial charge >= 0.3 is 0 Å². The Hall–Kier alpha value is -0.860. The van der Waals surface area contributed by atoms with E-state index < -0.39 is 6.10 Å². The number of aliphatic hydroxyl groups excluding tert-OH is 1. The van der Waals surface area contributed by atoms with Crippen LogP contribution in [0.4, 0.5) is 0 Å². The third kappa shape index (κ3) is 5.40. The molecule has 1 unspecified atom stereocenters. The number of thiophene rings is 1. The van der Waals surface area contributed by atoms with Gasteiger partial charge in [-0.25, -0.2) is 0 Å². The lowest BCUT2D eigenvalue weighted by atomic mass is 10.2. The third-order valence-electron chi connectivity index (χ3n) is 3.08. The highest BCUT2D eigenvalue weighted by atomic mass is 127. The summed E-state index contributed by atoms with van der Waals surface area (Å²) < 4.78 is 1.20.